The number of nitrogens with zero attached hydrogens (tertiary/aromatic N) is 1. The van der Waals surface area contributed by atoms with Crippen LogP contribution in [0.25, 0.3) is 0 Å². The molecule has 0 aliphatic heterocycles. The van der Waals surface area contributed by atoms with Gasteiger partial charge in [-0.2, -0.15) is 11.8 Å². The molecule has 3 amide bonds. The van der Waals surface area contributed by atoms with Crippen molar-refractivity contribution in [1.29, 1.82) is 0 Å². The molecule has 212 valence electrons. The minimum atomic E-state index is -1.40. The molecule has 0 spiro atoms. The summed E-state index contributed by atoms with van der Waals surface area (Å²) in [5, 5.41) is 25.7. The van der Waals surface area contributed by atoms with E-state index >= 15 is 0 Å². The van der Waals surface area contributed by atoms with Gasteiger partial charge in [0.25, 0.3) is 0 Å². The summed E-state index contributed by atoms with van der Waals surface area (Å²) in [4.78, 5) is 64.6. The lowest BCUT2D eigenvalue weighted by molar-refractivity contribution is -0.142. The molecule has 0 heterocycles. The first kappa shape index (κ1) is 33.9. The van der Waals surface area contributed by atoms with Gasteiger partial charge in [0.05, 0.1) is 12.5 Å². The molecule has 0 fully saturated rings. The zero-order chi connectivity index (χ0) is 28.4. The zero-order valence-electron chi connectivity index (χ0n) is 21.0. The lowest BCUT2D eigenvalue weighted by Crippen LogP contribution is -2.57. The van der Waals surface area contributed by atoms with Gasteiger partial charge in [0.15, 0.2) is 5.96 Å². The molecule has 0 radical (unpaired) electrons. The molecule has 37 heavy (non-hydrogen) atoms. The van der Waals surface area contributed by atoms with Gasteiger partial charge >= 0.3 is 11.9 Å². The number of unbranched alkanes of at least 4 members (excludes halogenated alkanes) is 1. The van der Waals surface area contributed by atoms with E-state index in [1.165, 1.54) is 11.8 Å². The quantitative estimate of drug-likeness (QED) is 0.0425. The molecule has 0 rings (SSSR count). The van der Waals surface area contributed by atoms with Gasteiger partial charge in [0.1, 0.15) is 18.1 Å². The van der Waals surface area contributed by atoms with Gasteiger partial charge in [-0.1, -0.05) is 0 Å². The number of carboxylic acids is 2. The van der Waals surface area contributed by atoms with Gasteiger partial charge in [-0.05, 0) is 57.1 Å². The van der Waals surface area contributed by atoms with Crippen molar-refractivity contribution in [2.45, 2.75) is 69.1 Å². The lowest BCUT2D eigenvalue weighted by Gasteiger charge is -2.25. The summed E-state index contributed by atoms with van der Waals surface area (Å²) in [5.74, 6) is -4.43. The summed E-state index contributed by atoms with van der Waals surface area (Å²) < 4.78 is 0. The third-order valence-electron chi connectivity index (χ3n) is 5.11. The first-order valence-electron chi connectivity index (χ1n) is 11.8. The van der Waals surface area contributed by atoms with Gasteiger partial charge in [-0.3, -0.25) is 24.2 Å². The maximum absolute atomic E-state index is 13.1. The summed E-state index contributed by atoms with van der Waals surface area (Å²) >= 11 is 1.43. The van der Waals surface area contributed by atoms with E-state index in [0.717, 1.165) is 0 Å². The number of nitrogens with one attached hydrogen (secondary N) is 3. The van der Waals surface area contributed by atoms with Crippen molar-refractivity contribution in [3.8, 4) is 0 Å². The molecule has 13 N–H and O–H groups in total. The molecular formula is C21H40N8O7S. The summed E-state index contributed by atoms with van der Waals surface area (Å²) in [5.41, 5.74) is 21.7. The molecule has 0 bridgehead atoms. The Morgan fingerprint density at radius 3 is 1.86 bits per heavy atom. The number of hydrogen-bond acceptors (Lipinski definition) is 9. The van der Waals surface area contributed by atoms with Crippen LogP contribution in [0.3, 0.4) is 0 Å². The highest BCUT2D eigenvalue weighted by molar-refractivity contribution is 7.98. The highest BCUT2D eigenvalue weighted by Crippen LogP contribution is 2.07. The van der Waals surface area contributed by atoms with Crippen LogP contribution < -0.4 is 38.9 Å². The Morgan fingerprint density at radius 1 is 0.838 bits per heavy atom. The van der Waals surface area contributed by atoms with E-state index in [-0.39, 0.29) is 38.2 Å². The highest BCUT2D eigenvalue weighted by Gasteiger charge is 2.30. The van der Waals surface area contributed by atoms with Crippen LogP contribution in [0, 0.1) is 0 Å². The monoisotopic (exact) mass is 548 g/mol. The number of amides is 3. The van der Waals surface area contributed by atoms with Gasteiger partial charge in [-0.25, -0.2) is 4.79 Å². The number of guanidine groups is 1. The number of carboxylic acid groups (broad SMARTS) is 2. The molecule has 0 saturated carbocycles. The summed E-state index contributed by atoms with van der Waals surface area (Å²) in [6.07, 6.45) is 2.89. The molecule has 0 saturated heterocycles. The Bertz CT molecular complexity index is 795. The molecule has 0 aliphatic rings. The fourth-order valence-corrected chi connectivity index (χ4v) is 3.60. The van der Waals surface area contributed by atoms with Gasteiger partial charge in [0.2, 0.25) is 17.7 Å². The Hall–Kier alpha value is -3.11. The number of carbonyl (C=O) groups excluding carboxylic acids is 3. The number of carbonyl (C=O) groups is 5. The van der Waals surface area contributed by atoms with Crippen molar-refractivity contribution < 1.29 is 34.2 Å². The average molecular weight is 549 g/mol. The molecule has 0 aromatic heterocycles. The summed E-state index contributed by atoms with van der Waals surface area (Å²) in [7, 11) is 0. The van der Waals surface area contributed by atoms with Gasteiger partial charge < -0.3 is 49.1 Å². The topological polar surface area (TPSA) is 278 Å². The van der Waals surface area contributed by atoms with Crippen LogP contribution in [0.2, 0.25) is 0 Å². The summed E-state index contributed by atoms with van der Waals surface area (Å²) in [6, 6.07) is -4.82. The number of aliphatic imine (C=N–C) groups is 1. The maximum atomic E-state index is 13.1. The predicted octanol–water partition coefficient (Wildman–Crippen LogP) is -2.74. The Labute approximate surface area is 219 Å². The fourth-order valence-electron chi connectivity index (χ4n) is 3.13. The van der Waals surface area contributed by atoms with Crippen LogP contribution >= 0.6 is 11.8 Å². The smallest absolute Gasteiger partial charge is 0.326 e. The molecule has 0 aliphatic carbocycles. The van der Waals surface area contributed by atoms with E-state index in [2.05, 4.69) is 20.9 Å². The zero-order valence-corrected chi connectivity index (χ0v) is 21.8. The van der Waals surface area contributed by atoms with Crippen molar-refractivity contribution in [2.24, 2.45) is 27.9 Å². The fraction of sp³-hybridized carbons (Fsp3) is 0.714. The second kappa shape index (κ2) is 19.1. The second-order valence-electron chi connectivity index (χ2n) is 8.24. The van der Waals surface area contributed by atoms with Crippen LogP contribution in [0.1, 0.15) is 44.9 Å². The standard InChI is InChI=1S/C21H40N8O7S/c1-37-10-7-15(20(35)36)29-19(34)13(5-2-3-8-22)28-18(33)14(6-4-9-26-21(24)25)27-17(32)12(23)11-16(30)31/h12-15H,2-11,22-23H2,1H3,(H,27,32)(H,28,33)(H,29,34)(H,30,31)(H,35,36)(H4,24,25,26). The van der Waals surface area contributed by atoms with Crippen LogP contribution in [-0.4, -0.2) is 95.1 Å². The number of rotatable bonds is 20. The van der Waals surface area contributed by atoms with Crippen LogP contribution in [0.15, 0.2) is 4.99 Å². The van der Waals surface area contributed by atoms with E-state index in [0.29, 0.717) is 25.1 Å². The number of nitrogens with two attached hydrogens (primary N) is 4. The molecule has 4 unspecified atom stereocenters. The van der Waals surface area contributed by atoms with E-state index < -0.39 is 60.2 Å². The molecular weight excluding hydrogens is 508 g/mol. The Balaban J connectivity index is 5.61. The average Bonchev–Trinajstić information content (AvgIpc) is 2.81. The highest BCUT2D eigenvalue weighted by atomic mass is 32.2. The normalized spacial score (nSPS) is 13.9. The van der Waals surface area contributed by atoms with E-state index in [1.54, 1.807) is 6.26 Å². The minimum Gasteiger partial charge on any atom is -0.481 e. The van der Waals surface area contributed by atoms with Crippen LogP contribution in [-0.2, 0) is 24.0 Å². The number of aliphatic carboxylic acids is 2. The maximum Gasteiger partial charge on any atom is 0.326 e. The van der Waals surface area contributed by atoms with Crippen molar-refractivity contribution in [1.82, 2.24) is 16.0 Å². The first-order valence-corrected chi connectivity index (χ1v) is 13.2. The van der Waals surface area contributed by atoms with E-state index in [4.69, 9.17) is 28.0 Å². The lowest BCUT2D eigenvalue weighted by atomic mass is 10.0. The van der Waals surface area contributed by atoms with E-state index in [1.807, 2.05) is 0 Å². The Morgan fingerprint density at radius 2 is 1.38 bits per heavy atom. The predicted molar refractivity (Wildman–Crippen MR) is 139 cm³/mol. The van der Waals surface area contributed by atoms with Crippen molar-refractivity contribution in [2.75, 3.05) is 25.1 Å². The van der Waals surface area contributed by atoms with Crippen LogP contribution in [0.4, 0.5) is 0 Å². The number of thioether (sulfide) groups is 1. The van der Waals surface area contributed by atoms with Gasteiger partial charge in [0, 0.05) is 6.54 Å². The second-order valence-corrected chi connectivity index (χ2v) is 9.23. The molecule has 0 aromatic carbocycles. The van der Waals surface area contributed by atoms with Crippen LogP contribution in [0.5, 0.6) is 0 Å². The third kappa shape index (κ3) is 15.6. The molecule has 15 nitrogen and oxygen atoms in total. The Kier molecular flexibility index (Phi) is 17.5. The number of hydrogen-bond donors (Lipinski definition) is 9. The van der Waals surface area contributed by atoms with Crippen molar-refractivity contribution >= 4 is 47.4 Å². The SMILES string of the molecule is CSCCC(NC(=O)C(CCCCN)NC(=O)C(CCCN=C(N)N)NC(=O)C(N)CC(=O)O)C(=O)O. The first-order chi connectivity index (χ1) is 17.4. The van der Waals surface area contributed by atoms with Crippen molar-refractivity contribution in [3.05, 3.63) is 0 Å². The summed E-state index contributed by atoms with van der Waals surface area (Å²) in [6.45, 7) is 0.512. The minimum absolute atomic E-state index is 0.0523. The molecule has 16 heteroatoms. The van der Waals surface area contributed by atoms with E-state index in [9.17, 15) is 29.1 Å². The third-order valence-corrected chi connectivity index (χ3v) is 5.76. The molecule has 4 atom stereocenters. The van der Waals surface area contributed by atoms with Crippen molar-refractivity contribution in [3.63, 3.8) is 0 Å². The van der Waals surface area contributed by atoms with Gasteiger partial charge in [-0.15, -0.1) is 0 Å². The molecule has 0 aromatic rings. The largest absolute Gasteiger partial charge is 0.481 e.